The lowest BCUT2D eigenvalue weighted by molar-refractivity contribution is -0.169. The third-order valence-corrected chi connectivity index (χ3v) is 3.37. The number of amides is 2. The number of ether oxygens (including phenoxy) is 1. The van der Waals surface area contributed by atoms with Crippen LogP contribution in [-0.2, 0) is 30.5 Å². The summed E-state index contributed by atoms with van der Waals surface area (Å²) in [4.78, 5) is 49.4. The first-order chi connectivity index (χ1) is 13.9. The van der Waals surface area contributed by atoms with Crippen LogP contribution < -0.4 is 0 Å². The van der Waals surface area contributed by atoms with Gasteiger partial charge in [0.1, 0.15) is 24.2 Å². The Bertz CT molecular complexity index is 702. The zero-order valence-corrected chi connectivity index (χ0v) is 17.9. The van der Waals surface area contributed by atoms with Crippen molar-refractivity contribution in [2.24, 2.45) is 0 Å². The lowest BCUT2D eigenvalue weighted by Gasteiger charge is -2.28. The summed E-state index contributed by atoms with van der Waals surface area (Å²) in [7, 11) is 2.81. The van der Waals surface area contributed by atoms with E-state index in [1.54, 1.807) is 32.9 Å². The van der Waals surface area contributed by atoms with Crippen molar-refractivity contribution in [2.45, 2.75) is 45.8 Å². The Morgan fingerprint density at radius 1 is 1.17 bits per heavy atom. The van der Waals surface area contributed by atoms with Gasteiger partial charge < -0.3 is 14.6 Å². The van der Waals surface area contributed by atoms with Crippen LogP contribution in [0.4, 0.5) is 9.18 Å². The van der Waals surface area contributed by atoms with Gasteiger partial charge in [-0.15, -0.1) is 0 Å². The minimum absolute atomic E-state index is 0.0521. The minimum atomic E-state index is -0.924. The Kier molecular flexibility index (Phi) is 11.9. The topological polar surface area (TPSA) is 113 Å². The number of carbonyl (C=O) groups is 4. The molecule has 30 heavy (non-hydrogen) atoms. The van der Waals surface area contributed by atoms with Crippen LogP contribution in [0.3, 0.4) is 0 Å². The van der Waals surface area contributed by atoms with Crippen molar-refractivity contribution in [1.82, 2.24) is 9.96 Å². The number of hydrogen-bond donors (Lipinski definition) is 1. The van der Waals surface area contributed by atoms with E-state index in [1.807, 2.05) is 0 Å². The lowest BCUT2D eigenvalue weighted by Crippen LogP contribution is -2.43. The van der Waals surface area contributed by atoms with Crippen molar-refractivity contribution in [3.05, 3.63) is 35.6 Å². The third-order valence-electron chi connectivity index (χ3n) is 3.37. The molecule has 1 rings (SSSR count). The van der Waals surface area contributed by atoms with Crippen LogP contribution in [0.25, 0.3) is 0 Å². The van der Waals surface area contributed by atoms with Crippen LogP contribution >= 0.6 is 0 Å². The van der Waals surface area contributed by atoms with E-state index in [2.05, 4.69) is 0 Å². The molecule has 0 aromatic heterocycles. The maximum atomic E-state index is 13.0. The number of hydrogen-bond acceptors (Lipinski definition) is 6. The number of carboxylic acids is 1. The van der Waals surface area contributed by atoms with Crippen LogP contribution in [-0.4, -0.2) is 65.6 Å². The van der Waals surface area contributed by atoms with Crippen molar-refractivity contribution in [3.8, 4) is 0 Å². The van der Waals surface area contributed by atoms with Crippen molar-refractivity contribution in [2.75, 3.05) is 20.7 Å². The second kappa shape index (κ2) is 13.3. The van der Waals surface area contributed by atoms with Gasteiger partial charge in [-0.3, -0.25) is 19.3 Å². The summed E-state index contributed by atoms with van der Waals surface area (Å²) in [5, 5.41) is 8.92. The summed E-state index contributed by atoms with van der Waals surface area (Å²) in [6.07, 6.45) is 0.0344. The summed E-state index contributed by atoms with van der Waals surface area (Å²) in [6, 6.07) is 5.70. The second-order valence-corrected chi connectivity index (χ2v) is 7.14. The fourth-order valence-electron chi connectivity index (χ4n) is 1.87. The molecule has 0 saturated carbocycles. The fraction of sp³-hybridized carbons (Fsp3) is 0.500. The van der Waals surface area contributed by atoms with Crippen molar-refractivity contribution in [1.29, 1.82) is 0 Å². The number of nitrogens with zero attached hydrogens (tertiary/aromatic N) is 2. The zero-order valence-electron chi connectivity index (χ0n) is 17.9. The molecule has 1 aromatic rings. The van der Waals surface area contributed by atoms with E-state index in [4.69, 9.17) is 14.7 Å². The Hall–Kier alpha value is -3.01. The monoisotopic (exact) mass is 428 g/mol. The lowest BCUT2D eigenvalue weighted by atomic mass is 10.2. The molecule has 0 saturated heterocycles. The summed E-state index contributed by atoms with van der Waals surface area (Å²) < 4.78 is 18.3. The van der Waals surface area contributed by atoms with Crippen LogP contribution in [0.2, 0.25) is 0 Å². The average Bonchev–Trinajstić information content (AvgIpc) is 2.65. The smallest absolute Gasteiger partial charge is 0.411 e. The number of rotatable bonds is 8. The highest BCUT2D eigenvalue weighted by Crippen LogP contribution is 2.13. The third kappa shape index (κ3) is 12.4. The SMILES string of the molecule is CON(C)C(=O)CN(Cc1ccc(F)cc1)C(=O)OC(C)(C)C.O=CCCC(=O)O. The molecule has 0 fully saturated rings. The van der Waals surface area contributed by atoms with Gasteiger partial charge in [0.25, 0.3) is 5.91 Å². The van der Waals surface area contributed by atoms with E-state index in [9.17, 15) is 23.6 Å². The highest BCUT2D eigenvalue weighted by atomic mass is 19.1. The van der Waals surface area contributed by atoms with Gasteiger partial charge in [0.2, 0.25) is 0 Å². The van der Waals surface area contributed by atoms with E-state index in [-0.39, 0.29) is 31.7 Å². The Balaban J connectivity index is 0.00000103. The summed E-state index contributed by atoms with van der Waals surface area (Å²) in [6.45, 7) is 5.13. The highest BCUT2D eigenvalue weighted by molar-refractivity contribution is 5.81. The van der Waals surface area contributed by atoms with Crippen molar-refractivity contribution < 1.29 is 38.2 Å². The fourth-order valence-corrected chi connectivity index (χ4v) is 1.87. The number of halogens is 1. The molecule has 168 valence electrons. The van der Waals surface area contributed by atoms with Gasteiger partial charge in [-0.1, -0.05) is 12.1 Å². The second-order valence-electron chi connectivity index (χ2n) is 7.14. The number of carboxylic acid groups (broad SMARTS) is 1. The molecule has 0 heterocycles. The molecule has 0 unspecified atom stereocenters. The molecule has 1 aromatic carbocycles. The normalized spacial score (nSPS) is 10.3. The largest absolute Gasteiger partial charge is 0.481 e. The molecule has 0 radical (unpaired) electrons. The quantitative estimate of drug-likeness (QED) is 0.500. The van der Waals surface area contributed by atoms with Gasteiger partial charge in [0, 0.05) is 20.0 Å². The van der Waals surface area contributed by atoms with Gasteiger partial charge in [0.15, 0.2) is 0 Å². The van der Waals surface area contributed by atoms with Crippen molar-refractivity contribution >= 4 is 24.3 Å². The van der Waals surface area contributed by atoms with Crippen LogP contribution in [0.5, 0.6) is 0 Å². The van der Waals surface area contributed by atoms with E-state index >= 15 is 0 Å². The Labute approximate surface area is 175 Å². The Morgan fingerprint density at radius 2 is 1.73 bits per heavy atom. The van der Waals surface area contributed by atoms with Crippen LogP contribution in [0.15, 0.2) is 24.3 Å². The van der Waals surface area contributed by atoms with Gasteiger partial charge in [-0.2, -0.15) is 0 Å². The van der Waals surface area contributed by atoms with E-state index in [1.165, 1.54) is 31.2 Å². The molecule has 0 aliphatic rings. The number of likely N-dealkylation sites (N-methyl/N-ethyl adjacent to an activating group) is 1. The van der Waals surface area contributed by atoms with E-state index in [0.29, 0.717) is 11.8 Å². The number of carbonyl (C=O) groups excluding carboxylic acids is 3. The number of aldehydes is 1. The highest BCUT2D eigenvalue weighted by Gasteiger charge is 2.25. The molecule has 0 spiro atoms. The maximum Gasteiger partial charge on any atom is 0.411 e. The predicted octanol–water partition coefficient (Wildman–Crippen LogP) is 2.63. The van der Waals surface area contributed by atoms with E-state index < -0.39 is 23.6 Å². The summed E-state index contributed by atoms with van der Waals surface area (Å²) in [5.41, 5.74) is -0.000871. The first-order valence-corrected chi connectivity index (χ1v) is 9.08. The summed E-state index contributed by atoms with van der Waals surface area (Å²) >= 11 is 0. The van der Waals surface area contributed by atoms with Crippen molar-refractivity contribution in [3.63, 3.8) is 0 Å². The van der Waals surface area contributed by atoms with Gasteiger partial charge in [-0.05, 0) is 38.5 Å². The van der Waals surface area contributed by atoms with Crippen LogP contribution in [0, 0.1) is 5.82 Å². The molecule has 2 amide bonds. The Morgan fingerprint density at radius 3 is 2.13 bits per heavy atom. The van der Waals surface area contributed by atoms with Gasteiger partial charge in [-0.25, -0.2) is 14.2 Å². The zero-order chi connectivity index (χ0) is 23.3. The molecule has 0 bridgehead atoms. The maximum absolute atomic E-state index is 13.0. The number of hydroxylamine groups is 2. The van der Waals surface area contributed by atoms with Gasteiger partial charge >= 0.3 is 12.1 Å². The molecule has 0 aliphatic heterocycles. The molecule has 1 N–H and O–H groups in total. The molecular formula is C20H29FN2O7. The minimum Gasteiger partial charge on any atom is -0.481 e. The summed E-state index contributed by atoms with van der Waals surface area (Å²) in [5.74, 6) is -1.69. The first-order valence-electron chi connectivity index (χ1n) is 9.08. The van der Waals surface area contributed by atoms with E-state index in [0.717, 1.165) is 5.06 Å². The standard InChI is InChI=1S/C16H23FN2O4.C4H6O3/c1-16(2,3)23-15(21)19(11-14(20)18(4)22-5)10-12-6-8-13(17)9-7-12;5-3-1-2-4(6)7/h6-9H,10-11H2,1-5H3;3H,1-2H2,(H,6,7). The molecule has 0 aliphatic carbocycles. The predicted molar refractivity (Wildman–Crippen MR) is 106 cm³/mol. The van der Waals surface area contributed by atoms with Crippen LogP contribution in [0.1, 0.15) is 39.2 Å². The molecule has 9 nitrogen and oxygen atoms in total. The van der Waals surface area contributed by atoms with Gasteiger partial charge in [0.05, 0.1) is 13.5 Å². The molecule has 0 atom stereocenters. The number of benzene rings is 1. The molecular weight excluding hydrogens is 399 g/mol. The number of aliphatic carboxylic acids is 1. The molecule has 10 heteroatoms. The average molecular weight is 428 g/mol. The first kappa shape index (κ1) is 27.0.